The van der Waals surface area contributed by atoms with E-state index in [1.54, 1.807) is 11.0 Å². The number of morpholine rings is 1. The largest absolute Gasteiger partial charge is 0.366 e. The number of halogens is 2. The van der Waals surface area contributed by atoms with Gasteiger partial charge in [0.05, 0.1) is 12.1 Å². The third kappa shape index (κ3) is 4.34. The van der Waals surface area contributed by atoms with Crippen LogP contribution in [0.2, 0.25) is 0 Å². The third-order valence-electron chi connectivity index (χ3n) is 6.07. The van der Waals surface area contributed by atoms with Gasteiger partial charge < -0.3 is 19.9 Å². The summed E-state index contributed by atoms with van der Waals surface area (Å²) in [7, 11) is 0. The maximum Gasteiger partial charge on any atom is 0.320 e. The molecule has 3 saturated heterocycles. The van der Waals surface area contributed by atoms with E-state index in [1.165, 1.54) is 12.3 Å². The van der Waals surface area contributed by atoms with E-state index in [1.807, 2.05) is 4.90 Å². The van der Waals surface area contributed by atoms with Gasteiger partial charge in [-0.1, -0.05) is 0 Å². The number of rotatable bonds is 2. The van der Waals surface area contributed by atoms with Crippen LogP contribution in [-0.4, -0.2) is 71.7 Å². The highest BCUT2D eigenvalue weighted by Gasteiger charge is 2.38. The summed E-state index contributed by atoms with van der Waals surface area (Å²) in [6.07, 6.45) is 3.44. The quantitative estimate of drug-likeness (QED) is 0.813. The van der Waals surface area contributed by atoms with Crippen molar-refractivity contribution in [3.63, 3.8) is 0 Å². The van der Waals surface area contributed by atoms with E-state index >= 15 is 0 Å². The fourth-order valence-electron chi connectivity index (χ4n) is 4.35. The van der Waals surface area contributed by atoms with Gasteiger partial charge in [0.2, 0.25) is 5.91 Å². The number of hydrogen-bond acceptors (Lipinski definition) is 4. The van der Waals surface area contributed by atoms with Crippen molar-refractivity contribution in [3.8, 4) is 0 Å². The highest BCUT2D eigenvalue weighted by Crippen LogP contribution is 2.31. The van der Waals surface area contributed by atoms with E-state index in [-0.39, 0.29) is 42.2 Å². The number of hydrogen-bond donors (Lipinski definition) is 1. The number of carbonyl (C=O) groups is 2. The molecule has 0 aromatic carbocycles. The number of ether oxygens (including phenoxy) is 1. The van der Waals surface area contributed by atoms with Crippen molar-refractivity contribution in [2.45, 2.75) is 50.2 Å². The first-order chi connectivity index (χ1) is 13.8. The SMILES string of the molecule is CC(F)(F)c1ccc(C2CCN(C(=O)N3CCC4OCC(=O)NC4C3)CC2)nc1. The maximum atomic E-state index is 13.4. The van der Waals surface area contributed by atoms with Crippen molar-refractivity contribution in [2.24, 2.45) is 0 Å². The number of alkyl halides is 2. The second-order valence-electron chi connectivity index (χ2n) is 8.16. The summed E-state index contributed by atoms with van der Waals surface area (Å²) in [6, 6.07) is 2.94. The summed E-state index contributed by atoms with van der Waals surface area (Å²) >= 11 is 0. The van der Waals surface area contributed by atoms with E-state index in [2.05, 4.69) is 10.3 Å². The number of aromatic nitrogens is 1. The number of piperidine rings is 2. The average Bonchev–Trinajstić information content (AvgIpc) is 2.72. The van der Waals surface area contributed by atoms with Gasteiger partial charge in [0.15, 0.2) is 0 Å². The second-order valence-corrected chi connectivity index (χ2v) is 8.16. The smallest absolute Gasteiger partial charge is 0.320 e. The fourth-order valence-corrected chi connectivity index (χ4v) is 4.35. The molecule has 7 nitrogen and oxygen atoms in total. The summed E-state index contributed by atoms with van der Waals surface area (Å²) < 4.78 is 32.2. The summed E-state index contributed by atoms with van der Waals surface area (Å²) in [6.45, 7) is 3.23. The Morgan fingerprint density at radius 1 is 1.21 bits per heavy atom. The monoisotopic (exact) mass is 408 g/mol. The molecule has 3 amide bonds. The minimum absolute atomic E-state index is 0.0179. The molecular weight excluding hydrogens is 382 g/mol. The molecule has 4 heterocycles. The van der Waals surface area contributed by atoms with Gasteiger partial charge in [-0.3, -0.25) is 9.78 Å². The zero-order valence-corrected chi connectivity index (χ0v) is 16.4. The maximum absolute atomic E-state index is 13.4. The lowest BCUT2D eigenvalue weighted by atomic mass is 9.92. The van der Waals surface area contributed by atoms with E-state index < -0.39 is 5.92 Å². The standard InChI is InChI=1S/C20H26F2N4O3/c1-20(21,22)14-2-3-15(23-10-14)13-4-7-25(8-5-13)19(28)26-9-6-17-16(11-26)24-18(27)12-29-17/h2-3,10,13,16-17H,4-9,11-12H2,1H3,(H,24,27). The Morgan fingerprint density at radius 3 is 2.59 bits per heavy atom. The van der Waals surface area contributed by atoms with Crippen LogP contribution >= 0.6 is 0 Å². The lowest BCUT2D eigenvalue weighted by Crippen LogP contribution is -2.62. The number of likely N-dealkylation sites (tertiary alicyclic amines) is 2. The van der Waals surface area contributed by atoms with Gasteiger partial charge in [-0.25, -0.2) is 13.6 Å². The Kier molecular flexibility index (Phi) is 5.42. The van der Waals surface area contributed by atoms with E-state index in [9.17, 15) is 18.4 Å². The van der Waals surface area contributed by atoms with Gasteiger partial charge in [-0.15, -0.1) is 0 Å². The van der Waals surface area contributed by atoms with Crippen molar-refractivity contribution in [1.29, 1.82) is 0 Å². The average molecular weight is 408 g/mol. The predicted molar refractivity (Wildman–Crippen MR) is 101 cm³/mol. The summed E-state index contributed by atoms with van der Waals surface area (Å²) in [5.41, 5.74) is 0.712. The Labute approximate surface area is 168 Å². The molecular formula is C20H26F2N4O3. The van der Waals surface area contributed by atoms with Crippen LogP contribution in [0.4, 0.5) is 13.6 Å². The molecule has 2 unspecified atom stereocenters. The highest BCUT2D eigenvalue weighted by atomic mass is 19.3. The first-order valence-electron chi connectivity index (χ1n) is 10.1. The third-order valence-corrected chi connectivity index (χ3v) is 6.07. The Balaban J connectivity index is 1.31. The number of carbonyl (C=O) groups excluding carboxylic acids is 2. The van der Waals surface area contributed by atoms with Crippen LogP contribution in [0, 0.1) is 0 Å². The normalized spacial score (nSPS) is 26.1. The van der Waals surface area contributed by atoms with E-state index in [4.69, 9.17) is 4.74 Å². The molecule has 0 spiro atoms. The molecule has 0 bridgehead atoms. The summed E-state index contributed by atoms with van der Waals surface area (Å²) in [4.78, 5) is 32.3. The molecule has 2 atom stereocenters. The molecule has 0 saturated carbocycles. The molecule has 1 aromatic heterocycles. The zero-order valence-electron chi connectivity index (χ0n) is 16.4. The molecule has 3 aliphatic rings. The number of amides is 3. The van der Waals surface area contributed by atoms with Gasteiger partial charge in [0, 0.05) is 56.5 Å². The Morgan fingerprint density at radius 2 is 1.93 bits per heavy atom. The van der Waals surface area contributed by atoms with Crippen molar-refractivity contribution in [3.05, 3.63) is 29.6 Å². The number of urea groups is 1. The molecule has 1 aromatic rings. The van der Waals surface area contributed by atoms with Gasteiger partial charge in [-0.2, -0.15) is 0 Å². The molecule has 29 heavy (non-hydrogen) atoms. The van der Waals surface area contributed by atoms with Gasteiger partial charge in [-0.05, 0) is 31.4 Å². The van der Waals surface area contributed by atoms with E-state index in [0.29, 0.717) is 32.6 Å². The van der Waals surface area contributed by atoms with Crippen molar-refractivity contribution in [1.82, 2.24) is 20.1 Å². The van der Waals surface area contributed by atoms with Crippen molar-refractivity contribution >= 4 is 11.9 Å². The van der Waals surface area contributed by atoms with Crippen molar-refractivity contribution < 1.29 is 23.1 Å². The second kappa shape index (κ2) is 7.85. The van der Waals surface area contributed by atoms with Gasteiger partial charge >= 0.3 is 6.03 Å². The van der Waals surface area contributed by atoms with Crippen LogP contribution in [0.5, 0.6) is 0 Å². The molecule has 1 N–H and O–H groups in total. The number of nitrogens with zero attached hydrogens (tertiary/aromatic N) is 3. The van der Waals surface area contributed by atoms with Gasteiger partial charge in [0.1, 0.15) is 6.61 Å². The molecule has 158 valence electrons. The number of nitrogens with one attached hydrogen (secondary N) is 1. The molecule has 3 aliphatic heterocycles. The minimum atomic E-state index is -2.89. The molecule has 4 rings (SSSR count). The Bertz CT molecular complexity index is 760. The van der Waals surface area contributed by atoms with Gasteiger partial charge in [0.25, 0.3) is 5.92 Å². The highest BCUT2D eigenvalue weighted by molar-refractivity contribution is 5.79. The number of fused-ring (bicyclic) bond motifs is 1. The van der Waals surface area contributed by atoms with Crippen LogP contribution < -0.4 is 5.32 Å². The minimum Gasteiger partial charge on any atom is -0.366 e. The predicted octanol–water partition coefficient (Wildman–Crippen LogP) is 2.08. The first-order valence-corrected chi connectivity index (χ1v) is 10.1. The molecule has 9 heteroatoms. The number of pyridine rings is 1. The van der Waals surface area contributed by atoms with E-state index in [0.717, 1.165) is 25.5 Å². The van der Waals surface area contributed by atoms with Crippen LogP contribution in [-0.2, 0) is 15.5 Å². The topological polar surface area (TPSA) is 74.8 Å². The van der Waals surface area contributed by atoms with Crippen LogP contribution in [0.3, 0.4) is 0 Å². The van der Waals surface area contributed by atoms with Crippen LogP contribution in [0.25, 0.3) is 0 Å². The molecule has 0 aliphatic carbocycles. The first kappa shape index (κ1) is 20.0. The van der Waals surface area contributed by atoms with Crippen LogP contribution in [0.15, 0.2) is 18.3 Å². The lowest BCUT2D eigenvalue weighted by Gasteiger charge is -2.43. The lowest BCUT2D eigenvalue weighted by molar-refractivity contribution is -0.139. The zero-order chi connectivity index (χ0) is 20.6. The fraction of sp³-hybridized carbons (Fsp3) is 0.650. The summed E-state index contributed by atoms with van der Waals surface area (Å²) in [5, 5.41) is 2.91. The van der Waals surface area contributed by atoms with Crippen LogP contribution in [0.1, 0.15) is 43.4 Å². The molecule has 3 fully saturated rings. The molecule has 0 radical (unpaired) electrons. The summed E-state index contributed by atoms with van der Waals surface area (Å²) in [5.74, 6) is -2.87. The van der Waals surface area contributed by atoms with Crippen molar-refractivity contribution in [2.75, 3.05) is 32.8 Å². The Hall–Kier alpha value is -2.29.